The fraction of sp³-hybridized carbons (Fsp3) is 0.318. The summed E-state index contributed by atoms with van der Waals surface area (Å²) in [4.78, 5) is 24.1. The molecule has 2 amide bonds. The van der Waals surface area contributed by atoms with Gasteiger partial charge in [-0.2, -0.15) is 9.41 Å². The Morgan fingerprint density at radius 3 is 2.41 bits per heavy atom. The number of hydrogen-bond donors (Lipinski definition) is 2. The summed E-state index contributed by atoms with van der Waals surface area (Å²) in [5.41, 5.74) is 3.66. The van der Waals surface area contributed by atoms with Crippen LogP contribution in [-0.2, 0) is 19.6 Å². The number of hydrogen-bond acceptors (Lipinski definition) is 6. The second kappa shape index (κ2) is 9.92. The van der Waals surface area contributed by atoms with Crippen molar-refractivity contribution < 1.29 is 22.7 Å². The largest absolute Gasteiger partial charge is 0.455 e. The number of aryl methyl sites for hydroxylation is 1. The zero-order chi connectivity index (χ0) is 23.3. The molecule has 10 heteroatoms. The van der Waals surface area contributed by atoms with E-state index in [1.165, 1.54) is 22.5 Å². The minimum absolute atomic E-state index is 0.0339. The van der Waals surface area contributed by atoms with Crippen LogP contribution < -0.4 is 15.5 Å². The lowest BCUT2D eigenvalue weighted by atomic mass is 10.1. The quantitative estimate of drug-likeness (QED) is 0.631. The Balaban J connectivity index is 1.98. The van der Waals surface area contributed by atoms with Gasteiger partial charge in [0.15, 0.2) is 5.75 Å². The number of amides is 2. The Morgan fingerprint density at radius 1 is 1.12 bits per heavy atom. The summed E-state index contributed by atoms with van der Waals surface area (Å²) in [5.74, 6) is 0.00210. The van der Waals surface area contributed by atoms with Crippen LogP contribution in [0.1, 0.15) is 32.3 Å². The number of rotatable bonds is 8. The van der Waals surface area contributed by atoms with Gasteiger partial charge in [-0.3, -0.25) is 9.59 Å². The number of benzene rings is 2. The van der Waals surface area contributed by atoms with E-state index in [4.69, 9.17) is 4.74 Å². The summed E-state index contributed by atoms with van der Waals surface area (Å²) in [6.07, 6.45) is 0.332. The van der Waals surface area contributed by atoms with Gasteiger partial charge in [-0.25, -0.2) is 13.8 Å². The second-order valence-corrected chi connectivity index (χ2v) is 9.15. The van der Waals surface area contributed by atoms with E-state index in [-0.39, 0.29) is 40.8 Å². The molecule has 1 heterocycles. The highest BCUT2D eigenvalue weighted by Crippen LogP contribution is 2.33. The summed E-state index contributed by atoms with van der Waals surface area (Å²) in [7, 11) is -3.75. The summed E-state index contributed by atoms with van der Waals surface area (Å²) >= 11 is 0. The number of carbonyl (C=O) groups excluding carboxylic acids is 2. The Labute approximate surface area is 187 Å². The first-order valence-corrected chi connectivity index (χ1v) is 11.7. The molecule has 2 aromatic carbocycles. The maximum Gasteiger partial charge on any atom is 0.271 e. The highest BCUT2D eigenvalue weighted by atomic mass is 32.2. The van der Waals surface area contributed by atoms with Gasteiger partial charge in [-0.15, -0.1) is 0 Å². The maximum absolute atomic E-state index is 13.0. The van der Waals surface area contributed by atoms with E-state index in [2.05, 4.69) is 15.8 Å². The highest BCUT2D eigenvalue weighted by Gasteiger charge is 2.25. The minimum atomic E-state index is -3.75. The first-order valence-electron chi connectivity index (χ1n) is 10.3. The first-order chi connectivity index (χ1) is 15.2. The number of ether oxygens (including phenoxy) is 1. The van der Waals surface area contributed by atoms with E-state index in [0.29, 0.717) is 18.8 Å². The predicted molar refractivity (Wildman–Crippen MR) is 121 cm³/mol. The van der Waals surface area contributed by atoms with Crippen molar-refractivity contribution in [1.82, 2.24) is 9.73 Å². The van der Waals surface area contributed by atoms with Crippen LogP contribution in [0, 0.1) is 6.92 Å². The van der Waals surface area contributed by atoms with Gasteiger partial charge in [0.25, 0.3) is 5.91 Å². The van der Waals surface area contributed by atoms with Crippen LogP contribution in [0.4, 0.5) is 5.69 Å². The summed E-state index contributed by atoms with van der Waals surface area (Å²) in [6.45, 7) is 6.10. The van der Waals surface area contributed by atoms with Crippen LogP contribution >= 0.6 is 0 Å². The molecular formula is C22H26N4O5S. The molecule has 0 atom stereocenters. The summed E-state index contributed by atoms with van der Waals surface area (Å²) in [5, 5.41) is 6.48. The van der Waals surface area contributed by atoms with Gasteiger partial charge in [0.1, 0.15) is 11.5 Å². The van der Waals surface area contributed by atoms with Crippen molar-refractivity contribution in [2.75, 3.05) is 18.4 Å². The lowest BCUT2D eigenvalue weighted by Gasteiger charge is -2.20. The molecule has 0 saturated carbocycles. The van der Waals surface area contributed by atoms with Gasteiger partial charge in [0.05, 0.1) is 10.6 Å². The van der Waals surface area contributed by atoms with E-state index >= 15 is 0 Å². The predicted octanol–water partition coefficient (Wildman–Crippen LogP) is 3.02. The van der Waals surface area contributed by atoms with Gasteiger partial charge in [-0.05, 0) is 37.3 Å². The second-order valence-electron chi connectivity index (χ2n) is 7.21. The third-order valence-corrected chi connectivity index (χ3v) is 7.00. The van der Waals surface area contributed by atoms with Crippen LogP contribution in [-0.4, -0.2) is 43.3 Å². The maximum atomic E-state index is 13.0. The molecule has 32 heavy (non-hydrogen) atoms. The Morgan fingerprint density at radius 2 is 1.81 bits per heavy atom. The van der Waals surface area contributed by atoms with Crippen molar-refractivity contribution in [3.8, 4) is 11.5 Å². The molecule has 0 bridgehead atoms. The average molecular weight is 459 g/mol. The zero-order valence-electron chi connectivity index (χ0n) is 18.2. The van der Waals surface area contributed by atoms with Gasteiger partial charge < -0.3 is 10.1 Å². The summed E-state index contributed by atoms with van der Waals surface area (Å²) in [6, 6.07) is 11.7. The van der Waals surface area contributed by atoms with Gasteiger partial charge >= 0.3 is 0 Å². The fourth-order valence-corrected chi connectivity index (χ4v) is 4.62. The number of sulfonamides is 1. The van der Waals surface area contributed by atoms with E-state index in [1.54, 1.807) is 26.0 Å². The molecule has 0 fully saturated rings. The van der Waals surface area contributed by atoms with Crippen molar-refractivity contribution >= 4 is 33.2 Å². The molecule has 0 aliphatic carbocycles. The monoisotopic (exact) mass is 458 g/mol. The standard InChI is InChI=1S/C22H26N4O5S/c1-4-26(5-2)32(29,30)17-10-12-20(31-16-8-6-15(3)7-9-16)19(14-17)23-22(28)18-11-13-21(27)25-24-18/h6-10,12,14H,4-5,11,13H2,1-3H3,(H,23,28)(H,25,27). The molecule has 1 aliphatic heterocycles. The number of nitrogens with zero attached hydrogens (tertiary/aromatic N) is 2. The molecule has 9 nitrogen and oxygen atoms in total. The van der Waals surface area contributed by atoms with Gasteiger partial charge in [-0.1, -0.05) is 31.5 Å². The minimum Gasteiger partial charge on any atom is -0.455 e. The SMILES string of the molecule is CCN(CC)S(=O)(=O)c1ccc(Oc2ccc(C)cc2)c(NC(=O)C2=NNC(=O)CC2)c1. The molecule has 0 spiro atoms. The summed E-state index contributed by atoms with van der Waals surface area (Å²) < 4.78 is 33.2. The molecule has 0 radical (unpaired) electrons. The van der Waals surface area contributed by atoms with E-state index in [0.717, 1.165) is 5.56 Å². The molecule has 0 aromatic heterocycles. The molecule has 3 rings (SSSR count). The number of carbonyl (C=O) groups is 2. The molecule has 0 unspecified atom stereocenters. The third-order valence-electron chi connectivity index (χ3n) is 4.96. The van der Waals surface area contributed by atoms with Crippen molar-refractivity contribution in [1.29, 1.82) is 0 Å². The molecule has 0 saturated heterocycles. The van der Waals surface area contributed by atoms with Crippen molar-refractivity contribution in [2.24, 2.45) is 5.10 Å². The van der Waals surface area contributed by atoms with Crippen LogP contribution in [0.2, 0.25) is 0 Å². The van der Waals surface area contributed by atoms with E-state index < -0.39 is 15.9 Å². The highest BCUT2D eigenvalue weighted by molar-refractivity contribution is 7.89. The zero-order valence-corrected chi connectivity index (χ0v) is 19.0. The fourth-order valence-electron chi connectivity index (χ4n) is 3.13. The molecule has 2 N–H and O–H groups in total. The smallest absolute Gasteiger partial charge is 0.271 e. The lowest BCUT2D eigenvalue weighted by Crippen LogP contribution is -2.33. The Kier molecular flexibility index (Phi) is 7.26. The molecule has 2 aromatic rings. The first kappa shape index (κ1) is 23.4. The van der Waals surface area contributed by atoms with E-state index in [1.807, 2.05) is 19.1 Å². The number of hydrazone groups is 1. The number of anilines is 1. The topological polar surface area (TPSA) is 117 Å². The van der Waals surface area contributed by atoms with Gasteiger partial charge in [0.2, 0.25) is 15.9 Å². The third kappa shape index (κ3) is 5.32. The van der Waals surface area contributed by atoms with Crippen molar-refractivity contribution in [3.05, 3.63) is 48.0 Å². The Hall–Kier alpha value is -3.24. The van der Waals surface area contributed by atoms with Crippen LogP contribution in [0.15, 0.2) is 52.5 Å². The van der Waals surface area contributed by atoms with Crippen LogP contribution in [0.3, 0.4) is 0 Å². The van der Waals surface area contributed by atoms with Crippen molar-refractivity contribution in [3.63, 3.8) is 0 Å². The Bertz CT molecular complexity index is 1140. The van der Waals surface area contributed by atoms with Crippen LogP contribution in [0.25, 0.3) is 0 Å². The van der Waals surface area contributed by atoms with Crippen LogP contribution in [0.5, 0.6) is 11.5 Å². The number of nitrogens with one attached hydrogen (secondary N) is 2. The molecule has 1 aliphatic rings. The molecular weight excluding hydrogens is 432 g/mol. The molecule has 170 valence electrons. The normalized spacial score (nSPS) is 14.0. The lowest BCUT2D eigenvalue weighted by molar-refractivity contribution is -0.121. The van der Waals surface area contributed by atoms with Crippen molar-refractivity contribution in [2.45, 2.75) is 38.5 Å². The van der Waals surface area contributed by atoms with E-state index in [9.17, 15) is 18.0 Å². The van der Waals surface area contributed by atoms with Gasteiger partial charge in [0, 0.05) is 25.9 Å². The average Bonchev–Trinajstić information content (AvgIpc) is 2.77.